The highest BCUT2D eigenvalue weighted by atomic mass is 16.5. The molecule has 0 saturated heterocycles. The van der Waals surface area contributed by atoms with Crippen molar-refractivity contribution in [3.63, 3.8) is 0 Å². The first kappa shape index (κ1) is 16.0. The summed E-state index contributed by atoms with van der Waals surface area (Å²) in [6, 6.07) is 15.1. The molecule has 1 atom stereocenters. The predicted molar refractivity (Wildman–Crippen MR) is 89.9 cm³/mol. The predicted octanol–water partition coefficient (Wildman–Crippen LogP) is 3.00. The van der Waals surface area contributed by atoms with Crippen LogP contribution in [0.4, 0.5) is 0 Å². The third-order valence-corrected chi connectivity index (χ3v) is 3.70. The van der Waals surface area contributed by atoms with Crippen molar-refractivity contribution in [1.82, 2.24) is 10.1 Å². The van der Waals surface area contributed by atoms with Crippen LogP contribution in [-0.2, 0) is 6.42 Å². The molecule has 2 N–H and O–H groups in total. The maximum absolute atomic E-state index is 6.18. The highest BCUT2D eigenvalue weighted by Gasteiger charge is 2.17. The van der Waals surface area contributed by atoms with E-state index in [0.717, 1.165) is 11.1 Å². The molecule has 6 heteroatoms. The minimum absolute atomic E-state index is 0.353. The summed E-state index contributed by atoms with van der Waals surface area (Å²) in [7, 11) is 3.17. The van der Waals surface area contributed by atoms with Crippen molar-refractivity contribution in [1.29, 1.82) is 0 Å². The molecular formula is C18H19N3O3. The molecule has 0 aliphatic rings. The second-order valence-electron chi connectivity index (χ2n) is 5.32. The topological polar surface area (TPSA) is 83.4 Å². The van der Waals surface area contributed by atoms with Crippen molar-refractivity contribution in [3.8, 4) is 22.9 Å². The van der Waals surface area contributed by atoms with Gasteiger partial charge in [-0.2, -0.15) is 4.98 Å². The summed E-state index contributed by atoms with van der Waals surface area (Å²) in [4.78, 5) is 4.41. The van der Waals surface area contributed by atoms with Gasteiger partial charge in [-0.1, -0.05) is 35.5 Å². The second kappa shape index (κ2) is 7.14. The van der Waals surface area contributed by atoms with Crippen LogP contribution in [0, 0.1) is 0 Å². The number of aromatic nitrogens is 2. The number of hydrogen-bond acceptors (Lipinski definition) is 6. The van der Waals surface area contributed by atoms with Gasteiger partial charge in [0.15, 0.2) is 11.5 Å². The lowest BCUT2D eigenvalue weighted by atomic mass is 10.1. The van der Waals surface area contributed by atoms with Crippen molar-refractivity contribution in [3.05, 3.63) is 60.0 Å². The van der Waals surface area contributed by atoms with Gasteiger partial charge in [-0.3, -0.25) is 0 Å². The van der Waals surface area contributed by atoms with Crippen LogP contribution in [0.25, 0.3) is 11.4 Å². The van der Waals surface area contributed by atoms with E-state index in [1.54, 1.807) is 26.4 Å². The van der Waals surface area contributed by atoms with Crippen LogP contribution in [0.5, 0.6) is 11.5 Å². The number of ether oxygens (including phenoxy) is 2. The first-order valence-electron chi connectivity index (χ1n) is 7.56. The van der Waals surface area contributed by atoms with Gasteiger partial charge in [0.25, 0.3) is 0 Å². The minimum Gasteiger partial charge on any atom is -0.493 e. The van der Waals surface area contributed by atoms with E-state index in [-0.39, 0.29) is 6.04 Å². The molecule has 24 heavy (non-hydrogen) atoms. The second-order valence-corrected chi connectivity index (χ2v) is 5.32. The molecule has 0 radical (unpaired) electrons. The van der Waals surface area contributed by atoms with Crippen LogP contribution in [0.3, 0.4) is 0 Å². The Balaban J connectivity index is 1.80. The van der Waals surface area contributed by atoms with Gasteiger partial charge in [-0.25, -0.2) is 0 Å². The molecule has 3 rings (SSSR count). The van der Waals surface area contributed by atoms with Crippen LogP contribution < -0.4 is 15.2 Å². The van der Waals surface area contributed by atoms with E-state index in [1.165, 1.54) is 0 Å². The molecule has 0 aliphatic heterocycles. The van der Waals surface area contributed by atoms with Gasteiger partial charge in [0.2, 0.25) is 11.7 Å². The zero-order chi connectivity index (χ0) is 16.9. The lowest BCUT2D eigenvalue weighted by Crippen LogP contribution is -2.13. The molecule has 0 bridgehead atoms. The number of nitrogens with two attached hydrogens (primary N) is 1. The van der Waals surface area contributed by atoms with Gasteiger partial charge in [0, 0.05) is 5.56 Å². The van der Waals surface area contributed by atoms with Crippen LogP contribution in [0.2, 0.25) is 0 Å². The van der Waals surface area contributed by atoms with Gasteiger partial charge < -0.3 is 19.7 Å². The SMILES string of the molecule is COc1ccc(-c2noc([C@@H](N)Cc3ccccc3)n2)cc1OC. The first-order chi connectivity index (χ1) is 11.7. The van der Waals surface area contributed by atoms with E-state index in [9.17, 15) is 0 Å². The number of methoxy groups -OCH3 is 2. The molecule has 124 valence electrons. The summed E-state index contributed by atoms with van der Waals surface area (Å²) in [5.74, 6) is 2.12. The van der Waals surface area contributed by atoms with Crippen molar-refractivity contribution in [2.75, 3.05) is 14.2 Å². The van der Waals surface area contributed by atoms with E-state index < -0.39 is 0 Å². The van der Waals surface area contributed by atoms with Crippen LogP contribution in [0.15, 0.2) is 53.1 Å². The molecule has 0 unspecified atom stereocenters. The van der Waals surface area contributed by atoms with Crippen LogP contribution in [-0.4, -0.2) is 24.4 Å². The Morgan fingerprint density at radius 2 is 1.79 bits per heavy atom. The molecule has 1 aromatic heterocycles. The minimum atomic E-state index is -0.353. The first-order valence-corrected chi connectivity index (χ1v) is 7.56. The monoisotopic (exact) mass is 325 g/mol. The average Bonchev–Trinajstić information content (AvgIpc) is 3.12. The van der Waals surface area contributed by atoms with E-state index >= 15 is 0 Å². The summed E-state index contributed by atoms with van der Waals surface area (Å²) in [5, 5.41) is 4.02. The van der Waals surface area contributed by atoms with Crippen molar-refractivity contribution < 1.29 is 14.0 Å². The zero-order valence-corrected chi connectivity index (χ0v) is 13.6. The van der Waals surface area contributed by atoms with Crippen molar-refractivity contribution in [2.45, 2.75) is 12.5 Å². The molecule has 3 aromatic rings. The number of hydrogen-bond donors (Lipinski definition) is 1. The Morgan fingerprint density at radius 1 is 1.04 bits per heavy atom. The summed E-state index contributed by atoms with van der Waals surface area (Å²) in [6.07, 6.45) is 0.633. The molecule has 0 saturated carbocycles. The van der Waals surface area contributed by atoms with E-state index in [0.29, 0.717) is 29.6 Å². The third kappa shape index (κ3) is 3.38. The quantitative estimate of drug-likeness (QED) is 0.750. The van der Waals surface area contributed by atoms with Gasteiger partial charge in [0.1, 0.15) is 0 Å². The van der Waals surface area contributed by atoms with Crippen LogP contribution in [0.1, 0.15) is 17.5 Å². The molecule has 0 spiro atoms. The van der Waals surface area contributed by atoms with Gasteiger partial charge in [-0.15, -0.1) is 0 Å². The van der Waals surface area contributed by atoms with Gasteiger partial charge in [-0.05, 0) is 30.2 Å². The molecule has 2 aromatic carbocycles. The fraction of sp³-hybridized carbons (Fsp3) is 0.222. The number of rotatable bonds is 6. The van der Waals surface area contributed by atoms with E-state index in [1.807, 2.05) is 36.4 Å². The molecular weight excluding hydrogens is 306 g/mol. The molecule has 6 nitrogen and oxygen atoms in total. The molecule has 0 fully saturated rings. The Labute approximate surface area is 140 Å². The van der Waals surface area contributed by atoms with Gasteiger partial charge in [0.05, 0.1) is 20.3 Å². The Hall–Kier alpha value is -2.86. The standard InChI is InChI=1S/C18H19N3O3/c1-22-15-9-8-13(11-16(15)23-2)17-20-18(24-21-17)14(19)10-12-6-4-3-5-7-12/h3-9,11,14H,10,19H2,1-2H3/t14-/m0/s1. The molecule has 0 aliphatic carbocycles. The maximum Gasteiger partial charge on any atom is 0.244 e. The Morgan fingerprint density at radius 3 is 2.50 bits per heavy atom. The molecule has 1 heterocycles. The van der Waals surface area contributed by atoms with Gasteiger partial charge >= 0.3 is 0 Å². The maximum atomic E-state index is 6.18. The Kier molecular flexibility index (Phi) is 4.77. The highest BCUT2D eigenvalue weighted by molar-refractivity contribution is 5.60. The van der Waals surface area contributed by atoms with Crippen molar-refractivity contribution >= 4 is 0 Å². The summed E-state index contributed by atoms with van der Waals surface area (Å²) in [5.41, 5.74) is 8.07. The third-order valence-electron chi connectivity index (χ3n) is 3.70. The lowest BCUT2D eigenvalue weighted by Gasteiger charge is -2.07. The summed E-state index contributed by atoms with van der Waals surface area (Å²) >= 11 is 0. The average molecular weight is 325 g/mol. The number of nitrogens with zero attached hydrogens (tertiary/aromatic N) is 2. The normalized spacial score (nSPS) is 12.0. The zero-order valence-electron chi connectivity index (χ0n) is 13.6. The number of benzene rings is 2. The highest BCUT2D eigenvalue weighted by Crippen LogP contribution is 2.31. The largest absolute Gasteiger partial charge is 0.493 e. The fourth-order valence-electron chi connectivity index (χ4n) is 2.43. The smallest absolute Gasteiger partial charge is 0.244 e. The van der Waals surface area contributed by atoms with Crippen LogP contribution >= 0.6 is 0 Å². The van der Waals surface area contributed by atoms with E-state index in [4.69, 9.17) is 19.7 Å². The Bertz CT molecular complexity index is 802. The van der Waals surface area contributed by atoms with E-state index in [2.05, 4.69) is 10.1 Å². The van der Waals surface area contributed by atoms with Crippen molar-refractivity contribution in [2.24, 2.45) is 5.73 Å². The lowest BCUT2D eigenvalue weighted by molar-refractivity contribution is 0.353. The molecule has 0 amide bonds. The summed E-state index contributed by atoms with van der Waals surface area (Å²) < 4.78 is 15.8. The fourth-order valence-corrected chi connectivity index (χ4v) is 2.43. The summed E-state index contributed by atoms with van der Waals surface area (Å²) in [6.45, 7) is 0.